The van der Waals surface area contributed by atoms with Crippen molar-refractivity contribution in [1.29, 1.82) is 0 Å². The summed E-state index contributed by atoms with van der Waals surface area (Å²) in [6.45, 7) is 0.814. The molecule has 0 aromatic carbocycles. The number of anilines is 1. The van der Waals surface area contributed by atoms with Crippen LogP contribution in [0.5, 0.6) is 0 Å². The Balaban J connectivity index is 2.01. The van der Waals surface area contributed by atoms with Crippen LogP contribution in [0.4, 0.5) is 5.69 Å². The average Bonchev–Trinajstić information content (AvgIpc) is 2.81. The average molecular weight is 233 g/mol. The first kappa shape index (κ1) is 11.9. The van der Waals surface area contributed by atoms with Crippen LogP contribution in [0.15, 0.2) is 18.3 Å². The molecule has 1 fully saturated rings. The topological polar surface area (TPSA) is 59.2 Å². The Kier molecular flexibility index (Phi) is 3.61. The van der Waals surface area contributed by atoms with E-state index >= 15 is 0 Å². The van der Waals surface area contributed by atoms with Gasteiger partial charge < -0.3 is 10.6 Å². The number of hydrogen-bond donors (Lipinski definition) is 1. The lowest BCUT2D eigenvalue weighted by molar-refractivity contribution is 0.0768. The lowest BCUT2D eigenvalue weighted by Crippen LogP contribution is -2.32. The number of pyridine rings is 1. The fourth-order valence-corrected chi connectivity index (χ4v) is 2.44. The van der Waals surface area contributed by atoms with Crippen molar-refractivity contribution < 1.29 is 4.79 Å². The Morgan fingerprint density at radius 1 is 1.53 bits per heavy atom. The van der Waals surface area contributed by atoms with Gasteiger partial charge in [0.05, 0.1) is 5.69 Å². The molecule has 2 rings (SSSR count). The van der Waals surface area contributed by atoms with Crippen LogP contribution in [0.3, 0.4) is 0 Å². The third-order valence-corrected chi connectivity index (χ3v) is 3.40. The summed E-state index contributed by atoms with van der Waals surface area (Å²) in [6, 6.07) is 3.45. The molecule has 1 amide bonds. The molecule has 0 unspecified atom stereocenters. The molecule has 4 nitrogen and oxygen atoms in total. The second-order valence-corrected chi connectivity index (χ2v) is 4.78. The van der Waals surface area contributed by atoms with Crippen LogP contribution in [-0.4, -0.2) is 29.4 Å². The molecule has 4 heteroatoms. The fourth-order valence-electron chi connectivity index (χ4n) is 2.44. The predicted molar refractivity (Wildman–Crippen MR) is 67.6 cm³/mol. The molecular weight excluding hydrogens is 214 g/mol. The van der Waals surface area contributed by atoms with Gasteiger partial charge in [-0.15, -0.1) is 0 Å². The molecule has 0 radical (unpaired) electrons. The molecule has 0 atom stereocenters. The second kappa shape index (κ2) is 5.17. The summed E-state index contributed by atoms with van der Waals surface area (Å²) >= 11 is 0. The monoisotopic (exact) mass is 233 g/mol. The zero-order chi connectivity index (χ0) is 12.3. The third-order valence-electron chi connectivity index (χ3n) is 3.40. The number of amides is 1. The summed E-state index contributed by atoms with van der Waals surface area (Å²) < 4.78 is 0. The lowest BCUT2D eigenvalue weighted by atomic mass is 10.1. The molecule has 0 saturated heterocycles. The van der Waals surface area contributed by atoms with Gasteiger partial charge in [-0.1, -0.05) is 12.8 Å². The Labute approximate surface area is 102 Å². The zero-order valence-electron chi connectivity index (χ0n) is 10.2. The van der Waals surface area contributed by atoms with Gasteiger partial charge in [-0.05, 0) is 30.9 Å². The minimum absolute atomic E-state index is 0.0741. The number of aromatic nitrogens is 1. The zero-order valence-corrected chi connectivity index (χ0v) is 10.2. The van der Waals surface area contributed by atoms with Crippen LogP contribution < -0.4 is 5.73 Å². The van der Waals surface area contributed by atoms with Crippen molar-refractivity contribution in [2.24, 2.45) is 5.92 Å². The van der Waals surface area contributed by atoms with E-state index in [0.717, 1.165) is 6.54 Å². The van der Waals surface area contributed by atoms with E-state index in [1.165, 1.54) is 25.7 Å². The van der Waals surface area contributed by atoms with Gasteiger partial charge in [0.25, 0.3) is 5.91 Å². The van der Waals surface area contributed by atoms with E-state index < -0.39 is 0 Å². The van der Waals surface area contributed by atoms with Crippen LogP contribution in [0, 0.1) is 5.92 Å². The van der Waals surface area contributed by atoms with Gasteiger partial charge in [0, 0.05) is 19.8 Å². The smallest absolute Gasteiger partial charge is 0.274 e. The summed E-state index contributed by atoms with van der Waals surface area (Å²) in [4.78, 5) is 17.9. The van der Waals surface area contributed by atoms with E-state index in [0.29, 0.717) is 17.3 Å². The van der Waals surface area contributed by atoms with Crippen molar-refractivity contribution in [2.75, 3.05) is 19.3 Å². The summed E-state index contributed by atoms with van der Waals surface area (Å²) in [5.74, 6) is 0.573. The van der Waals surface area contributed by atoms with E-state index in [4.69, 9.17) is 5.73 Å². The molecule has 1 aromatic rings. The maximum Gasteiger partial charge on any atom is 0.274 e. The van der Waals surface area contributed by atoms with Gasteiger partial charge in [-0.2, -0.15) is 0 Å². The van der Waals surface area contributed by atoms with E-state index in [9.17, 15) is 4.79 Å². The fraction of sp³-hybridized carbons (Fsp3) is 0.538. The highest BCUT2D eigenvalue weighted by Gasteiger charge is 2.21. The first-order chi connectivity index (χ1) is 8.18. The van der Waals surface area contributed by atoms with Crippen molar-refractivity contribution in [3.63, 3.8) is 0 Å². The minimum Gasteiger partial charge on any atom is -0.397 e. The molecule has 92 valence electrons. The van der Waals surface area contributed by atoms with Gasteiger partial charge in [0.2, 0.25) is 0 Å². The van der Waals surface area contributed by atoms with E-state index in [-0.39, 0.29) is 5.91 Å². The number of carbonyl (C=O) groups is 1. The Morgan fingerprint density at radius 3 is 2.88 bits per heavy atom. The quantitative estimate of drug-likeness (QED) is 0.867. The van der Waals surface area contributed by atoms with E-state index in [1.807, 2.05) is 7.05 Å². The van der Waals surface area contributed by atoms with Crippen LogP contribution in [0.25, 0.3) is 0 Å². The van der Waals surface area contributed by atoms with E-state index in [2.05, 4.69) is 4.98 Å². The van der Waals surface area contributed by atoms with Crippen LogP contribution >= 0.6 is 0 Å². The first-order valence-corrected chi connectivity index (χ1v) is 6.14. The van der Waals surface area contributed by atoms with E-state index in [1.54, 1.807) is 23.2 Å². The van der Waals surface area contributed by atoms with Gasteiger partial charge in [-0.25, -0.2) is 4.98 Å². The molecule has 1 saturated carbocycles. The predicted octanol–water partition coefficient (Wildman–Crippen LogP) is 1.93. The number of hydrogen-bond acceptors (Lipinski definition) is 3. The highest BCUT2D eigenvalue weighted by Crippen LogP contribution is 2.25. The molecule has 0 aliphatic heterocycles. The first-order valence-electron chi connectivity index (χ1n) is 6.14. The van der Waals surface area contributed by atoms with Gasteiger partial charge >= 0.3 is 0 Å². The molecule has 1 aliphatic rings. The van der Waals surface area contributed by atoms with Crippen molar-refractivity contribution in [3.05, 3.63) is 24.0 Å². The molecule has 0 bridgehead atoms. The summed E-state index contributed by atoms with van der Waals surface area (Å²) in [5.41, 5.74) is 6.58. The number of nitrogen functional groups attached to an aromatic ring is 1. The van der Waals surface area contributed by atoms with Crippen molar-refractivity contribution in [2.45, 2.75) is 25.7 Å². The van der Waals surface area contributed by atoms with Crippen molar-refractivity contribution >= 4 is 11.6 Å². The summed E-state index contributed by atoms with van der Waals surface area (Å²) in [5, 5.41) is 0. The SMILES string of the molecule is CN(CC1CCCC1)C(=O)c1ncccc1N. The number of rotatable bonds is 3. The molecule has 1 aromatic heterocycles. The van der Waals surface area contributed by atoms with Gasteiger partial charge in [0.15, 0.2) is 5.69 Å². The lowest BCUT2D eigenvalue weighted by Gasteiger charge is -2.21. The van der Waals surface area contributed by atoms with Crippen LogP contribution in [0.1, 0.15) is 36.2 Å². The normalized spacial score (nSPS) is 16.1. The van der Waals surface area contributed by atoms with Crippen molar-refractivity contribution in [1.82, 2.24) is 9.88 Å². The largest absolute Gasteiger partial charge is 0.397 e. The number of nitrogens with two attached hydrogens (primary N) is 1. The molecule has 2 N–H and O–H groups in total. The Morgan fingerprint density at radius 2 is 2.24 bits per heavy atom. The van der Waals surface area contributed by atoms with Crippen molar-refractivity contribution in [3.8, 4) is 0 Å². The third kappa shape index (κ3) is 2.75. The Hall–Kier alpha value is -1.58. The maximum atomic E-state index is 12.1. The van der Waals surface area contributed by atoms with Gasteiger partial charge in [-0.3, -0.25) is 4.79 Å². The molecule has 0 spiro atoms. The second-order valence-electron chi connectivity index (χ2n) is 4.78. The highest BCUT2D eigenvalue weighted by molar-refractivity contribution is 5.96. The Bertz CT molecular complexity index is 399. The molecule has 1 heterocycles. The number of nitrogens with zero attached hydrogens (tertiary/aromatic N) is 2. The molecule has 17 heavy (non-hydrogen) atoms. The van der Waals surface area contributed by atoms with Gasteiger partial charge in [0.1, 0.15) is 0 Å². The molecular formula is C13H19N3O. The van der Waals surface area contributed by atoms with Crippen LogP contribution in [0.2, 0.25) is 0 Å². The molecule has 1 aliphatic carbocycles. The minimum atomic E-state index is -0.0741. The standard InChI is InChI=1S/C13H19N3O/c1-16(9-10-5-2-3-6-10)13(17)12-11(14)7-4-8-15-12/h4,7-8,10H,2-3,5-6,9,14H2,1H3. The highest BCUT2D eigenvalue weighted by atomic mass is 16.2. The maximum absolute atomic E-state index is 12.1. The summed E-state index contributed by atoms with van der Waals surface area (Å²) in [7, 11) is 1.83. The summed E-state index contributed by atoms with van der Waals surface area (Å²) in [6.07, 6.45) is 6.65. The van der Waals surface area contributed by atoms with Crippen LogP contribution in [-0.2, 0) is 0 Å². The number of carbonyl (C=O) groups excluding carboxylic acids is 1.